The first-order chi connectivity index (χ1) is 5.39. The smallest absolute Gasteiger partial charge is 0.235 e. The fourth-order valence-corrected chi connectivity index (χ4v) is 1.52. The zero-order valence-electron chi connectivity index (χ0n) is 6.65. The molecule has 0 fully saturated rings. The van der Waals surface area contributed by atoms with Gasteiger partial charge in [0.15, 0.2) is 0 Å². The van der Waals surface area contributed by atoms with E-state index in [2.05, 4.69) is 0 Å². The maximum Gasteiger partial charge on any atom is 0.235 e. The van der Waals surface area contributed by atoms with Crippen LogP contribution >= 0.6 is 0 Å². The quantitative estimate of drug-likeness (QED) is 0.462. The van der Waals surface area contributed by atoms with E-state index in [1.165, 1.54) is 6.92 Å². The Morgan fingerprint density at radius 1 is 1.67 bits per heavy atom. The van der Waals surface area contributed by atoms with Crippen molar-refractivity contribution in [3.8, 4) is 0 Å². The van der Waals surface area contributed by atoms with Gasteiger partial charge in [-0.05, 0) is 6.92 Å². The summed E-state index contributed by atoms with van der Waals surface area (Å²) in [5.74, 6) is -1.18. The van der Waals surface area contributed by atoms with Crippen molar-refractivity contribution in [2.45, 2.75) is 13.0 Å². The Labute approximate surface area is 70.8 Å². The van der Waals surface area contributed by atoms with Crippen molar-refractivity contribution in [1.82, 2.24) is 4.72 Å². The van der Waals surface area contributed by atoms with Gasteiger partial charge in [-0.1, -0.05) is 0 Å². The van der Waals surface area contributed by atoms with Gasteiger partial charge in [-0.25, -0.2) is 13.1 Å². The number of aliphatic hydroxyl groups excluding tert-OH is 1. The van der Waals surface area contributed by atoms with Crippen molar-refractivity contribution >= 4 is 15.9 Å². The van der Waals surface area contributed by atoms with Gasteiger partial charge >= 0.3 is 0 Å². The highest BCUT2D eigenvalue weighted by Crippen LogP contribution is 1.87. The molecule has 0 heterocycles. The second-order valence-electron chi connectivity index (χ2n) is 2.28. The fourth-order valence-electron chi connectivity index (χ4n) is 0.507. The van der Waals surface area contributed by atoms with E-state index in [9.17, 15) is 13.2 Å². The number of nitrogens with two attached hydrogens (primary N) is 1. The Morgan fingerprint density at radius 3 is 2.50 bits per heavy atom. The van der Waals surface area contributed by atoms with Gasteiger partial charge in [0.05, 0.1) is 18.4 Å². The van der Waals surface area contributed by atoms with Crippen LogP contribution in [0.1, 0.15) is 6.92 Å². The lowest BCUT2D eigenvalue weighted by atomic mass is 10.4. The molecule has 1 atom stereocenters. The molecule has 0 bridgehead atoms. The second-order valence-corrected chi connectivity index (χ2v) is 4.16. The van der Waals surface area contributed by atoms with Crippen LogP contribution in [0.4, 0.5) is 0 Å². The standard InChI is InChI=1S/C5H12N2O4S/c1-4(5(6)9)7-12(10,11)3-2-8/h4,7-8H,2-3H2,1H3,(H2,6,9). The number of hydrogen-bond acceptors (Lipinski definition) is 4. The molecule has 0 aliphatic rings. The molecule has 1 amide bonds. The van der Waals surface area contributed by atoms with Gasteiger partial charge in [0.1, 0.15) is 0 Å². The number of aliphatic hydroxyl groups is 1. The van der Waals surface area contributed by atoms with Crippen LogP contribution in [0.15, 0.2) is 0 Å². The molecule has 0 saturated heterocycles. The molecule has 1 unspecified atom stereocenters. The Hall–Kier alpha value is -0.660. The zero-order chi connectivity index (χ0) is 9.78. The van der Waals surface area contributed by atoms with Crippen molar-refractivity contribution in [3.63, 3.8) is 0 Å². The molecule has 0 radical (unpaired) electrons. The van der Waals surface area contributed by atoms with Crippen molar-refractivity contribution in [1.29, 1.82) is 0 Å². The summed E-state index contributed by atoms with van der Waals surface area (Å²) in [5, 5.41) is 8.32. The second kappa shape index (κ2) is 4.39. The van der Waals surface area contributed by atoms with Crippen molar-refractivity contribution in [2.24, 2.45) is 5.73 Å². The monoisotopic (exact) mass is 196 g/mol. The summed E-state index contributed by atoms with van der Waals surface area (Å²) in [5.41, 5.74) is 4.81. The van der Waals surface area contributed by atoms with Gasteiger partial charge in [0.25, 0.3) is 0 Å². The van der Waals surface area contributed by atoms with Crippen LogP contribution in [0, 0.1) is 0 Å². The third-order valence-corrected chi connectivity index (χ3v) is 2.58. The first kappa shape index (κ1) is 11.3. The summed E-state index contributed by atoms with van der Waals surface area (Å²) in [4.78, 5) is 10.4. The Bertz CT molecular complexity index is 248. The molecule has 72 valence electrons. The third-order valence-electron chi connectivity index (χ3n) is 1.14. The first-order valence-electron chi connectivity index (χ1n) is 3.29. The van der Waals surface area contributed by atoms with Gasteiger partial charge in [0, 0.05) is 0 Å². The maximum absolute atomic E-state index is 10.9. The van der Waals surface area contributed by atoms with Crippen LogP contribution in [0.25, 0.3) is 0 Å². The van der Waals surface area contributed by atoms with Crippen LogP contribution in [0.2, 0.25) is 0 Å². The SMILES string of the molecule is CC(NS(=O)(=O)CCO)C(N)=O. The number of amides is 1. The van der Waals surface area contributed by atoms with Gasteiger partial charge < -0.3 is 10.8 Å². The van der Waals surface area contributed by atoms with Gasteiger partial charge in [-0.2, -0.15) is 0 Å². The van der Waals surface area contributed by atoms with E-state index in [0.29, 0.717) is 0 Å². The van der Waals surface area contributed by atoms with Crippen LogP contribution in [0.5, 0.6) is 0 Å². The molecule has 7 heteroatoms. The van der Waals surface area contributed by atoms with Gasteiger partial charge in [0.2, 0.25) is 15.9 Å². The molecule has 0 aromatic carbocycles. The van der Waals surface area contributed by atoms with Crippen LogP contribution < -0.4 is 10.5 Å². The zero-order valence-corrected chi connectivity index (χ0v) is 7.47. The predicted molar refractivity (Wildman–Crippen MR) is 42.7 cm³/mol. The number of hydrogen-bond donors (Lipinski definition) is 3. The minimum Gasteiger partial charge on any atom is -0.395 e. The minimum atomic E-state index is -3.58. The molecule has 0 spiro atoms. The average molecular weight is 196 g/mol. The molecular weight excluding hydrogens is 184 g/mol. The molecular formula is C5H12N2O4S. The largest absolute Gasteiger partial charge is 0.395 e. The summed E-state index contributed by atoms with van der Waals surface area (Å²) in [6, 6.07) is -0.943. The topological polar surface area (TPSA) is 109 Å². The lowest BCUT2D eigenvalue weighted by Gasteiger charge is -2.09. The lowest BCUT2D eigenvalue weighted by Crippen LogP contribution is -2.43. The maximum atomic E-state index is 10.9. The van der Waals surface area contributed by atoms with E-state index in [-0.39, 0.29) is 0 Å². The van der Waals surface area contributed by atoms with Crippen LogP contribution in [-0.2, 0) is 14.8 Å². The van der Waals surface area contributed by atoms with E-state index < -0.39 is 34.3 Å². The predicted octanol–water partition coefficient (Wildman–Crippen LogP) is -2.23. The molecule has 4 N–H and O–H groups in total. The number of carbonyl (C=O) groups is 1. The number of primary amides is 1. The molecule has 6 nitrogen and oxygen atoms in total. The minimum absolute atomic E-state index is 0.426. The highest BCUT2D eigenvalue weighted by Gasteiger charge is 2.16. The number of carbonyl (C=O) groups excluding carboxylic acids is 1. The van der Waals surface area contributed by atoms with E-state index in [4.69, 9.17) is 10.8 Å². The third kappa shape index (κ3) is 4.27. The van der Waals surface area contributed by atoms with E-state index in [0.717, 1.165) is 0 Å². The van der Waals surface area contributed by atoms with Crippen LogP contribution in [-0.4, -0.2) is 37.8 Å². The Kier molecular flexibility index (Phi) is 4.15. The molecule has 0 saturated carbocycles. The normalized spacial score (nSPS) is 14.2. The van der Waals surface area contributed by atoms with Crippen molar-refractivity contribution in [2.75, 3.05) is 12.4 Å². The van der Waals surface area contributed by atoms with Crippen molar-refractivity contribution in [3.05, 3.63) is 0 Å². The van der Waals surface area contributed by atoms with Gasteiger partial charge in [-0.3, -0.25) is 4.79 Å². The molecule has 0 aliphatic heterocycles. The van der Waals surface area contributed by atoms with Gasteiger partial charge in [-0.15, -0.1) is 0 Å². The first-order valence-corrected chi connectivity index (χ1v) is 4.94. The summed E-state index contributed by atoms with van der Waals surface area (Å²) in [6.45, 7) is 0.845. The molecule has 0 aliphatic carbocycles. The highest BCUT2D eigenvalue weighted by atomic mass is 32.2. The van der Waals surface area contributed by atoms with E-state index >= 15 is 0 Å². The number of sulfonamides is 1. The van der Waals surface area contributed by atoms with Crippen LogP contribution in [0.3, 0.4) is 0 Å². The lowest BCUT2D eigenvalue weighted by molar-refractivity contribution is -0.119. The van der Waals surface area contributed by atoms with E-state index in [1.54, 1.807) is 0 Å². The highest BCUT2D eigenvalue weighted by molar-refractivity contribution is 7.89. The molecule has 0 rings (SSSR count). The van der Waals surface area contributed by atoms with E-state index in [1.807, 2.05) is 4.72 Å². The molecule has 12 heavy (non-hydrogen) atoms. The Balaban J connectivity index is 4.16. The fraction of sp³-hybridized carbons (Fsp3) is 0.800. The summed E-state index contributed by atoms with van der Waals surface area (Å²) < 4.78 is 23.7. The number of nitrogens with one attached hydrogen (secondary N) is 1. The summed E-state index contributed by atoms with van der Waals surface area (Å²) in [7, 11) is -3.58. The molecule has 0 aromatic heterocycles. The number of rotatable bonds is 5. The Morgan fingerprint density at radius 2 is 2.17 bits per heavy atom. The summed E-state index contributed by atoms with van der Waals surface area (Å²) >= 11 is 0. The average Bonchev–Trinajstić information content (AvgIpc) is 1.85. The van der Waals surface area contributed by atoms with Crippen molar-refractivity contribution < 1.29 is 18.3 Å². The summed E-state index contributed by atoms with van der Waals surface area (Å²) in [6.07, 6.45) is 0. The molecule has 0 aromatic rings.